The lowest BCUT2D eigenvalue weighted by Crippen LogP contribution is -2.40. The van der Waals surface area contributed by atoms with Crippen molar-refractivity contribution in [2.24, 2.45) is 5.10 Å². The number of sulfonamides is 1. The monoisotopic (exact) mass is 466 g/mol. The number of methoxy groups -OCH3 is 2. The number of benzene rings is 2. The van der Waals surface area contributed by atoms with Crippen LogP contribution >= 0.6 is 0 Å². The van der Waals surface area contributed by atoms with E-state index in [-0.39, 0.29) is 54.1 Å². The topological polar surface area (TPSA) is 153 Å². The number of hydrogen-bond acceptors (Lipinski definition) is 10. The summed E-state index contributed by atoms with van der Waals surface area (Å²) in [6.07, 6.45) is 1.34. The second-order valence-corrected chi connectivity index (χ2v) is 8.53. The molecule has 12 nitrogen and oxygen atoms in total. The normalized spacial score (nSPS) is 14.9. The fourth-order valence-corrected chi connectivity index (χ4v) is 4.45. The van der Waals surface area contributed by atoms with Crippen molar-refractivity contribution in [3.63, 3.8) is 0 Å². The summed E-state index contributed by atoms with van der Waals surface area (Å²) in [4.78, 5) is 10.7. The molecule has 13 heteroatoms. The van der Waals surface area contributed by atoms with Gasteiger partial charge >= 0.3 is 0 Å². The molecule has 32 heavy (non-hydrogen) atoms. The predicted octanol–water partition coefficient (Wildman–Crippen LogP) is 1.78. The SMILES string of the molecule is COc1cc(/C=N/Nc2ccc(S(=O)(=O)N3CCOCC3)cc2[N+](=O)[O-])cc(OC)c1O. The molecule has 3 rings (SSSR count). The van der Waals surface area contributed by atoms with Crippen LogP contribution in [0.15, 0.2) is 40.3 Å². The highest BCUT2D eigenvalue weighted by Crippen LogP contribution is 2.36. The Morgan fingerprint density at radius 1 is 1.19 bits per heavy atom. The van der Waals surface area contributed by atoms with Gasteiger partial charge in [0.15, 0.2) is 11.5 Å². The van der Waals surface area contributed by atoms with Crippen LogP contribution in [0.3, 0.4) is 0 Å². The number of phenols is 1. The number of aromatic hydroxyl groups is 1. The summed E-state index contributed by atoms with van der Waals surface area (Å²) in [5, 5.41) is 25.5. The molecule has 1 heterocycles. The van der Waals surface area contributed by atoms with Crippen LogP contribution in [0.25, 0.3) is 0 Å². The zero-order valence-corrected chi connectivity index (χ0v) is 18.2. The zero-order chi connectivity index (χ0) is 23.3. The highest BCUT2D eigenvalue weighted by Gasteiger charge is 2.28. The van der Waals surface area contributed by atoms with Crippen molar-refractivity contribution in [3.8, 4) is 17.2 Å². The molecular weight excluding hydrogens is 444 g/mol. The Bertz CT molecular complexity index is 1110. The Morgan fingerprint density at radius 3 is 2.38 bits per heavy atom. The number of hydrogen-bond donors (Lipinski definition) is 2. The molecule has 0 atom stereocenters. The van der Waals surface area contributed by atoms with Crippen molar-refractivity contribution in [2.45, 2.75) is 4.90 Å². The minimum atomic E-state index is -3.89. The van der Waals surface area contributed by atoms with Gasteiger partial charge in [0.1, 0.15) is 5.69 Å². The Balaban J connectivity index is 1.85. The highest BCUT2D eigenvalue weighted by molar-refractivity contribution is 7.89. The molecule has 2 aromatic carbocycles. The highest BCUT2D eigenvalue weighted by atomic mass is 32.2. The van der Waals surface area contributed by atoms with Crippen molar-refractivity contribution >= 4 is 27.6 Å². The summed E-state index contributed by atoms with van der Waals surface area (Å²) in [5.74, 6) is 0.150. The van der Waals surface area contributed by atoms with Crippen molar-refractivity contribution in [1.82, 2.24) is 4.31 Å². The van der Waals surface area contributed by atoms with Gasteiger partial charge in [0.2, 0.25) is 15.8 Å². The molecule has 1 aliphatic heterocycles. The minimum Gasteiger partial charge on any atom is -0.502 e. The average Bonchev–Trinajstić information content (AvgIpc) is 2.80. The molecule has 0 unspecified atom stereocenters. The Kier molecular flexibility index (Phi) is 7.12. The third kappa shape index (κ3) is 4.90. The molecule has 0 aliphatic carbocycles. The lowest BCUT2D eigenvalue weighted by atomic mass is 10.2. The van der Waals surface area contributed by atoms with Gasteiger partial charge in [-0.25, -0.2) is 8.42 Å². The lowest BCUT2D eigenvalue weighted by molar-refractivity contribution is -0.384. The lowest BCUT2D eigenvalue weighted by Gasteiger charge is -2.26. The zero-order valence-electron chi connectivity index (χ0n) is 17.3. The van der Waals surface area contributed by atoms with E-state index in [1.165, 1.54) is 49.0 Å². The van der Waals surface area contributed by atoms with Crippen LogP contribution in [0.2, 0.25) is 0 Å². The second-order valence-electron chi connectivity index (χ2n) is 6.60. The predicted molar refractivity (Wildman–Crippen MR) is 115 cm³/mol. The van der Waals surface area contributed by atoms with Gasteiger partial charge < -0.3 is 19.3 Å². The van der Waals surface area contributed by atoms with E-state index in [0.717, 1.165) is 6.07 Å². The van der Waals surface area contributed by atoms with Crippen LogP contribution < -0.4 is 14.9 Å². The number of phenolic OH excluding ortho intramolecular Hbond substituents is 1. The van der Waals surface area contributed by atoms with Gasteiger partial charge in [0.25, 0.3) is 5.69 Å². The van der Waals surface area contributed by atoms with Gasteiger partial charge in [-0.1, -0.05) is 0 Å². The van der Waals surface area contributed by atoms with E-state index < -0.39 is 20.6 Å². The molecule has 0 radical (unpaired) electrons. The Morgan fingerprint density at radius 2 is 1.81 bits per heavy atom. The molecule has 1 saturated heterocycles. The van der Waals surface area contributed by atoms with Gasteiger partial charge in [-0.15, -0.1) is 0 Å². The molecule has 172 valence electrons. The largest absolute Gasteiger partial charge is 0.502 e. The van der Waals surface area contributed by atoms with Gasteiger partial charge in [-0.3, -0.25) is 15.5 Å². The molecule has 2 N–H and O–H groups in total. The second kappa shape index (κ2) is 9.80. The maximum absolute atomic E-state index is 12.8. The van der Waals surface area contributed by atoms with E-state index in [9.17, 15) is 23.6 Å². The summed E-state index contributed by atoms with van der Waals surface area (Å²) in [7, 11) is -1.13. The number of nitrogens with zero attached hydrogens (tertiary/aromatic N) is 3. The maximum Gasteiger partial charge on any atom is 0.295 e. The van der Waals surface area contributed by atoms with Gasteiger partial charge in [0, 0.05) is 24.7 Å². The van der Waals surface area contributed by atoms with Gasteiger partial charge in [-0.2, -0.15) is 9.41 Å². The molecular formula is C19H22N4O8S. The van der Waals surface area contributed by atoms with Crippen molar-refractivity contribution < 1.29 is 32.7 Å². The summed E-state index contributed by atoms with van der Waals surface area (Å²) in [6, 6.07) is 6.54. The van der Waals surface area contributed by atoms with Crippen LogP contribution in [0, 0.1) is 10.1 Å². The molecule has 2 aromatic rings. The molecule has 0 amide bonds. The van der Waals surface area contributed by atoms with E-state index in [4.69, 9.17) is 14.2 Å². The van der Waals surface area contributed by atoms with Crippen LogP contribution in [-0.4, -0.2) is 69.5 Å². The number of ether oxygens (including phenoxy) is 3. The Labute approximate surface area is 184 Å². The summed E-state index contributed by atoms with van der Waals surface area (Å²) >= 11 is 0. The van der Waals surface area contributed by atoms with Crippen molar-refractivity contribution in [2.75, 3.05) is 45.9 Å². The summed E-state index contributed by atoms with van der Waals surface area (Å²) in [5.41, 5.74) is 2.59. The van der Waals surface area contributed by atoms with E-state index in [2.05, 4.69) is 10.5 Å². The van der Waals surface area contributed by atoms with Crippen molar-refractivity contribution in [3.05, 3.63) is 46.0 Å². The first-order valence-electron chi connectivity index (χ1n) is 9.38. The first-order valence-corrected chi connectivity index (χ1v) is 10.8. The van der Waals surface area contributed by atoms with Crippen LogP contribution in [0.5, 0.6) is 17.2 Å². The maximum atomic E-state index is 12.8. The van der Waals surface area contributed by atoms with E-state index in [1.807, 2.05) is 0 Å². The van der Waals surface area contributed by atoms with Crippen LogP contribution in [0.1, 0.15) is 5.56 Å². The number of anilines is 1. The quantitative estimate of drug-likeness (QED) is 0.337. The molecule has 1 aliphatic rings. The fourth-order valence-electron chi connectivity index (χ4n) is 3.02. The molecule has 0 bridgehead atoms. The number of nitro benzene ring substituents is 1. The standard InChI is InChI=1S/C19H22N4O8S/c1-29-17-9-13(10-18(30-2)19(17)24)12-20-21-15-4-3-14(11-16(15)23(25)26)32(27,28)22-5-7-31-8-6-22/h3-4,9-12,21,24H,5-8H2,1-2H3/b20-12+. The van der Waals surface area contributed by atoms with E-state index in [1.54, 1.807) is 0 Å². The number of hydrazone groups is 1. The van der Waals surface area contributed by atoms with E-state index in [0.29, 0.717) is 5.56 Å². The van der Waals surface area contributed by atoms with Crippen LogP contribution in [-0.2, 0) is 14.8 Å². The number of nitrogens with one attached hydrogen (secondary N) is 1. The fraction of sp³-hybridized carbons (Fsp3) is 0.316. The van der Waals surface area contributed by atoms with Crippen LogP contribution in [0.4, 0.5) is 11.4 Å². The number of nitro groups is 1. The average molecular weight is 466 g/mol. The van der Waals surface area contributed by atoms with Gasteiger partial charge in [0.05, 0.1) is 43.5 Å². The molecule has 0 aromatic heterocycles. The minimum absolute atomic E-state index is 0.00452. The summed E-state index contributed by atoms with van der Waals surface area (Å²) in [6.45, 7) is 0.894. The first-order chi connectivity index (χ1) is 15.3. The number of morpholine rings is 1. The molecule has 0 saturated carbocycles. The Hall–Kier alpha value is -3.42. The molecule has 0 spiro atoms. The van der Waals surface area contributed by atoms with Crippen molar-refractivity contribution in [1.29, 1.82) is 0 Å². The summed E-state index contributed by atoms with van der Waals surface area (Å²) < 4.78 is 42.1. The molecule has 1 fully saturated rings. The van der Waals surface area contributed by atoms with E-state index >= 15 is 0 Å². The first kappa shape index (κ1) is 23.2. The third-order valence-electron chi connectivity index (χ3n) is 4.67. The third-order valence-corrected chi connectivity index (χ3v) is 6.57. The number of rotatable bonds is 8. The van der Waals surface area contributed by atoms with Gasteiger partial charge in [-0.05, 0) is 24.3 Å². The smallest absolute Gasteiger partial charge is 0.295 e.